The van der Waals surface area contributed by atoms with E-state index >= 15 is 0 Å². The lowest BCUT2D eigenvalue weighted by molar-refractivity contribution is 0.626. The van der Waals surface area contributed by atoms with Crippen LogP contribution in [0.25, 0.3) is 11.3 Å². The van der Waals surface area contributed by atoms with E-state index in [1.807, 2.05) is 29.6 Å². The summed E-state index contributed by atoms with van der Waals surface area (Å²) in [6, 6.07) is 13.6. The first-order valence-electron chi connectivity index (χ1n) is 8.21. The van der Waals surface area contributed by atoms with Crippen LogP contribution < -0.4 is 4.80 Å². The number of aryl methyl sites for hydroxylation is 1. The van der Waals surface area contributed by atoms with Crippen molar-refractivity contribution < 1.29 is 4.39 Å². The highest BCUT2D eigenvalue weighted by atomic mass is 32.1. The predicted molar refractivity (Wildman–Crippen MR) is 97.1 cm³/mol. The molecule has 1 aromatic heterocycles. The number of hydrogen-bond donors (Lipinski definition) is 0. The highest BCUT2D eigenvalue weighted by molar-refractivity contribution is 7.07. The molecular weight excluding hydrogens is 319 g/mol. The normalized spacial score (nSPS) is 15.0. The zero-order valence-electron chi connectivity index (χ0n) is 13.8. The summed E-state index contributed by atoms with van der Waals surface area (Å²) in [7, 11) is 0. The average Bonchev–Trinajstić information content (AvgIpc) is 3.33. The molecule has 1 aliphatic rings. The summed E-state index contributed by atoms with van der Waals surface area (Å²) in [6.07, 6.45) is 2.27. The van der Waals surface area contributed by atoms with Gasteiger partial charge in [0.1, 0.15) is 5.82 Å². The predicted octanol–water partition coefficient (Wildman–Crippen LogP) is 5.54. The molecule has 4 heteroatoms. The van der Waals surface area contributed by atoms with E-state index in [1.165, 1.54) is 17.2 Å². The van der Waals surface area contributed by atoms with Gasteiger partial charge in [0.05, 0.1) is 11.4 Å². The lowest BCUT2D eigenvalue weighted by Gasteiger charge is -2.09. The molecule has 1 heterocycles. The molecule has 0 N–H and O–H groups in total. The van der Waals surface area contributed by atoms with Crippen LogP contribution in [-0.4, -0.2) is 4.57 Å². The maximum Gasteiger partial charge on any atom is 0.190 e. The molecule has 122 valence electrons. The van der Waals surface area contributed by atoms with Crippen molar-refractivity contribution in [2.45, 2.75) is 32.7 Å². The monoisotopic (exact) mass is 338 g/mol. The van der Waals surface area contributed by atoms with Gasteiger partial charge in [0.15, 0.2) is 4.80 Å². The minimum atomic E-state index is -0.178. The van der Waals surface area contributed by atoms with Gasteiger partial charge in [-0.2, -0.15) is 0 Å². The van der Waals surface area contributed by atoms with Crippen molar-refractivity contribution in [2.24, 2.45) is 4.99 Å². The Morgan fingerprint density at radius 3 is 2.62 bits per heavy atom. The smallest absolute Gasteiger partial charge is 0.190 e. The van der Waals surface area contributed by atoms with Crippen LogP contribution in [-0.2, 0) is 0 Å². The molecule has 0 amide bonds. The first kappa shape index (κ1) is 15.3. The number of nitrogens with zero attached hydrogens (tertiary/aromatic N) is 2. The Labute approximate surface area is 144 Å². The van der Waals surface area contributed by atoms with E-state index in [-0.39, 0.29) is 5.82 Å². The Bertz CT molecular complexity index is 964. The van der Waals surface area contributed by atoms with Crippen LogP contribution in [0, 0.1) is 19.7 Å². The van der Waals surface area contributed by atoms with Crippen LogP contribution in [0.5, 0.6) is 0 Å². The first-order chi connectivity index (χ1) is 11.6. The molecule has 0 atom stereocenters. The fourth-order valence-corrected chi connectivity index (χ4v) is 3.88. The van der Waals surface area contributed by atoms with Crippen molar-refractivity contribution in [3.05, 3.63) is 69.6 Å². The Kier molecular flexibility index (Phi) is 3.85. The summed E-state index contributed by atoms with van der Waals surface area (Å²) in [4.78, 5) is 5.85. The summed E-state index contributed by atoms with van der Waals surface area (Å²) < 4.78 is 16.5. The maximum absolute atomic E-state index is 14.3. The molecule has 0 unspecified atom stereocenters. The molecule has 2 nitrogen and oxygen atoms in total. The lowest BCUT2D eigenvalue weighted by Crippen LogP contribution is -2.14. The molecule has 2 aromatic carbocycles. The van der Waals surface area contributed by atoms with Crippen LogP contribution in [0.15, 0.2) is 52.8 Å². The standard InChI is InChI=1S/C20H19FN2S/c1-13-6-5-9-18(14(13)2)22-20-23(15-10-11-15)19(12-24-20)16-7-3-4-8-17(16)21/h3-9,12,15H,10-11H2,1-2H3. The van der Waals surface area contributed by atoms with Crippen LogP contribution in [0.4, 0.5) is 10.1 Å². The Hall–Kier alpha value is -2.20. The molecule has 0 saturated heterocycles. The zero-order chi connectivity index (χ0) is 16.7. The lowest BCUT2D eigenvalue weighted by atomic mass is 10.1. The number of benzene rings is 2. The fourth-order valence-electron chi connectivity index (χ4n) is 2.91. The van der Waals surface area contributed by atoms with Gasteiger partial charge in [-0.3, -0.25) is 0 Å². The summed E-state index contributed by atoms with van der Waals surface area (Å²) >= 11 is 1.59. The van der Waals surface area contributed by atoms with Crippen LogP contribution >= 0.6 is 11.3 Å². The Balaban J connectivity index is 1.91. The minimum Gasteiger partial charge on any atom is -0.313 e. The first-order valence-corrected chi connectivity index (χ1v) is 9.09. The number of thiazole rings is 1. The highest BCUT2D eigenvalue weighted by Gasteiger charge is 2.28. The summed E-state index contributed by atoms with van der Waals surface area (Å²) in [5.74, 6) is -0.178. The molecule has 3 aromatic rings. The molecule has 4 rings (SSSR count). The van der Waals surface area contributed by atoms with E-state index in [0.29, 0.717) is 11.6 Å². The third-order valence-corrected chi connectivity index (χ3v) is 5.44. The zero-order valence-corrected chi connectivity index (χ0v) is 14.6. The van der Waals surface area contributed by atoms with E-state index in [1.54, 1.807) is 17.4 Å². The fraction of sp³-hybridized carbons (Fsp3) is 0.250. The quantitative estimate of drug-likeness (QED) is 0.596. The van der Waals surface area contributed by atoms with Crippen molar-refractivity contribution in [1.29, 1.82) is 0 Å². The number of rotatable bonds is 3. The van der Waals surface area contributed by atoms with E-state index < -0.39 is 0 Å². The van der Waals surface area contributed by atoms with Gasteiger partial charge in [0, 0.05) is 17.0 Å². The van der Waals surface area contributed by atoms with Crippen molar-refractivity contribution in [1.82, 2.24) is 4.57 Å². The Morgan fingerprint density at radius 2 is 1.88 bits per heavy atom. The average molecular weight is 338 g/mol. The van der Waals surface area contributed by atoms with Gasteiger partial charge in [-0.05, 0) is 56.0 Å². The van der Waals surface area contributed by atoms with Crippen LogP contribution in [0.3, 0.4) is 0 Å². The maximum atomic E-state index is 14.3. The second kappa shape index (κ2) is 6.02. The van der Waals surface area contributed by atoms with Crippen LogP contribution in [0.2, 0.25) is 0 Å². The van der Waals surface area contributed by atoms with Crippen molar-refractivity contribution in [3.63, 3.8) is 0 Å². The van der Waals surface area contributed by atoms with Crippen molar-refractivity contribution in [2.75, 3.05) is 0 Å². The summed E-state index contributed by atoms with van der Waals surface area (Å²) in [5, 5.41) is 2.03. The van der Waals surface area contributed by atoms with Crippen molar-refractivity contribution in [3.8, 4) is 11.3 Å². The summed E-state index contributed by atoms with van der Waals surface area (Å²) in [6.45, 7) is 4.20. The van der Waals surface area contributed by atoms with Gasteiger partial charge in [-0.15, -0.1) is 11.3 Å². The topological polar surface area (TPSA) is 17.3 Å². The molecule has 1 saturated carbocycles. The second-order valence-electron chi connectivity index (χ2n) is 6.32. The van der Waals surface area contributed by atoms with Crippen molar-refractivity contribution >= 4 is 17.0 Å². The third kappa shape index (κ3) is 2.71. The molecule has 0 radical (unpaired) electrons. The van der Waals surface area contributed by atoms with Crippen LogP contribution in [0.1, 0.15) is 30.0 Å². The molecule has 1 fully saturated rings. The second-order valence-corrected chi connectivity index (χ2v) is 7.15. The third-order valence-electron chi connectivity index (χ3n) is 4.60. The molecule has 0 bridgehead atoms. The molecule has 0 aliphatic heterocycles. The number of aromatic nitrogens is 1. The van der Waals surface area contributed by atoms with Gasteiger partial charge in [0.25, 0.3) is 0 Å². The number of halogens is 1. The Morgan fingerprint density at radius 1 is 1.08 bits per heavy atom. The minimum absolute atomic E-state index is 0.178. The van der Waals surface area contributed by atoms with Gasteiger partial charge in [0.2, 0.25) is 0 Å². The molecule has 1 aliphatic carbocycles. The van der Waals surface area contributed by atoms with Gasteiger partial charge >= 0.3 is 0 Å². The molecular formula is C20H19FN2S. The van der Waals surface area contributed by atoms with E-state index in [0.717, 1.165) is 29.0 Å². The highest BCUT2D eigenvalue weighted by Crippen LogP contribution is 2.38. The molecule has 0 spiro atoms. The SMILES string of the molecule is Cc1cccc(N=c2scc(-c3ccccc3F)n2C2CC2)c1C. The summed E-state index contributed by atoms with van der Waals surface area (Å²) in [5.41, 5.74) is 5.01. The molecule has 24 heavy (non-hydrogen) atoms. The van der Waals surface area contributed by atoms with E-state index in [9.17, 15) is 4.39 Å². The largest absolute Gasteiger partial charge is 0.313 e. The van der Waals surface area contributed by atoms with E-state index in [2.05, 4.69) is 24.5 Å². The van der Waals surface area contributed by atoms with E-state index in [4.69, 9.17) is 4.99 Å². The van der Waals surface area contributed by atoms with Gasteiger partial charge < -0.3 is 4.57 Å². The van der Waals surface area contributed by atoms with Gasteiger partial charge in [-0.1, -0.05) is 24.3 Å². The van der Waals surface area contributed by atoms with Gasteiger partial charge in [-0.25, -0.2) is 9.38 Å². The number of hydrogen-bond acceptors (Lipinski definition) is 2.